The molecule has 25 heavy (non-hydrogen) atoms. The van der Waals surface area contributed by atoms with E-state index in [1.807, 2.05) is 51.1 Å². The number of halogens is 1. The van der Waals surface area contributed by atoms with Crippen LogP contribution in [0.5, 0.6) is 11.5 Å². The standard InChI is InChI=1S/C20H23ClO4/c1-4-23-18-12-16(10-11-17(18)25-14(2)3)19(21)20(22)24-13-15-8-6-5-7-9-15/h5-12,14,19H,4,13H2,1-3H3. The third-order valence-electron chi connectivity index (χ3n) is 3.35. The zero-order valence-corrected chi connectivity index (χ0v) is 15.5. The van der Waals surface area contributed by atoms with Gasteiger partial charge in [-0.3, -0.25) is 4.79 Å². The smallest absolute Gasteiger partial charge is 0.328 e. The van der Waals surface area contributed by atoms with E-state index in [1.165, 1.54) is 0 Å². The maximum absolute atomic E-state index is 12.2. The number of hydrogen-bond donors (Lipinski definition) is 0. The van der Waals surface area contributed by atoms with Gasteiger partial charge in [-0.05, 0) is 44.0 Å². The predicted octanol–water partition coefficient (Wildman–Crippen LogP) is 4.90. The zero-order chi connectivity index (χ0) is 18.2. The highest BCUT2D eigenvalue weighted by molar-refractivity contribution is 6.30. The molecule has 0 fully saturated rings. The average molecular weight is 363 g/mol. The van der Waals surface area contributed by atoms with Crippen molar-refractivity contribution in [1.29, 1.82) is 0 Å². The monoisotopic (exact) mass is 362 g/mol. The summed E-state index contributed by atoms with van der Waals surface area (Å²) in [6.07, 6.45) is 0.0210. The third-order valence-corrected chi connectivity index (χ3v) is 3.78. The molecule has 0 N–H and O–H groups in total. The van der Waals surface area contributed by atoms with Crippen molar-refractivity contribution in [2.24, 2.45) is 0 Å². The second-order valence-corrected chi connectivity index (χ2v) is 6.20. The Kier molecular flexibility index (Phi) is 7.14. The molecule has 0 radical (unpaired) electrons. The quantitative estimate of drug-likeness (QED) is 0.495. The van der Waals surface area contributed by atoms with Gasteiger partial charge in [0.2, 0.25) is 0 Å². The van der Waals surface area contributed by atoms with Gasteiger partial charge < -0.3 is 14.2 Å². The zero-order valence-electron chi connectivity index (χ0n) is 14.7. The Morgan fingerprint density at radius 2 is 1.80 bits per heavy atom. The third kappa shape index (κ3) is 5.68. The Bertz CT molecular complexity index is 685. The van der Waals surface area contributed by atoms with Gasteiger partial charge in [0.1, 0.15) is 6.61 Å². The minimum absolute atomic E-state index is 0.0210. The van der Waals surface area contributed by atoms with Crippen molar-refractivity contribution in [2.75, 3.05) is 6.61 Å². The average Bonchev–Trinajstić information content (AvgIpc) is 2.61. The molecule has 0 heterocycles. The van der Waals surface area contributed by atoms with Gasteiger partial charge in [-0.2, -0.15) is 0 Å². The summed E-state index contributed by atoms with van der Waals surface area (Å²) in [6, 6.07) is 14.7. The Morgan fingerprint density at radius 1 is 1.08 bits per heavy atom. The molecule has 0 amide bonds. The lowest BCUT2D eigenvalue weighted by Gasteiger charge is -2.17. The maximum Gasteiger partial charge on any atom is 0.328 e. The van der Waals surface area contributed by atoms with Crippen LogP contribution < -0.4 is 9.47 Å². The highest BCUT2D eigenvalue weighted by Crippen LogP contribution is 2.33. The number of carbonyl (C=O) groups is 1. The molecule has 0 aliphatic carbocycles. The molecule has 2 aromatic carbocycles. The van der Waals surface area contributed by atoms with Crippen molar-refractivity contribution in [3.63, 3.8) is 0 Å². The molecule has 0 spiro atoms. The van der Waals surface area contributed by atoms with Crippen LogP contribution in [0.15, 0.2) is 48.5 Å². The summed E-state index contributed by atoms with van der Waals surface area (Å²) in [5.41, 5.74) is 1.52. The lowest BCUT2D eigenvalue weighted by atomic mass is 10.1. The summed E-state index contributed by atoms with van der Waals surface area (Å²) in [6.45, 7) is 6.45. The lowest BCUT2D eigenvalue weighted by Crippen LogP contribution is -2.12. The molecule has 5 heteroatoms. The SMILES string of the molecule is CCOc1cc(C(Cl)C(=O)OCc2ccccc2)ccc1OC(C)C. The van der Waals surface area contributed by atoms with Crippen LogP contribution in [0.3, 0.4) is 0 Å². The van der Waals surface area contributed by atoms with E-state index in [9.17, 15) is 4.79 Å². The first-order chi connectivity index (χ1) is 12.0. The van der Waals surface area contributed by atoms with Crippen molar-refractivity contribution in [3.05, 3.63) is 59.7 Å². The minimum atomic E-state index is -0.906. The van der Waals surface area contributed by atoms with Crippen LogP contribution in [0.4, 0.5) is 0 Å². The molecule has 2 rings (SSSR count). The molecular weight excluding hydrogens is 340 g/mol. The Labute approximate surface area is 153 Å². The molecule has 0 aliphatic rings. The van der Waals surface area contributed by atoms with E-state index in [4.69, 9.17) is 25.8 Å². The highest BCUT2D eigenvalue weighted by Gasteiger charge is 2.21. The molecule has 0 aliphatic heterocycles. The van der Waals surface area contributed by atoms with Gasteiger partial charge in [0.05, 0.1) is 12.7 Å². The normalized spacial score (nSPS) is 11.9. The Balaban J connectivity index is 2.07. The summed E-state index contributed by atoms with van der Waals surface area (Å²) in [5.74, 6) is 0.697. The minimum Gasteiger partial charge on any atom is -0.490 e. The lowest BCUT2D eigenvalue weighted by molar-refractivity contribution is -0.144. The van der Waals surface area contributed by atoms with Crippen LogP contribution in [0.1, 0.15) is 37.3 Å². The van der Waals surface area contributed by atoms with Crippen molar-refractivity contribution in [2.45, 2.75) is 38.9 Å². The predicted molar refractivity (Wildman–Crippen MR) is 98.2 cm³/mol. The largest absolute Gasteiger partial charge is 0.490 e. The van der Waals surface area contributed by atoms with Crippen molar-refractivity contribution >= 4 is 17.6 Å². The number of ether oxygens (including phenoxy) is 3. The van der Waals surface area contributed by atoms with Gasteiger partial charge in [0.25, 0.3) is 0 Å². The fraction of sp³-hybridized carbons (Fsp3) is 0.350. The maximum atomic E-state index is 12.2. The van der Waals surface area contributed by atoms with Gasteiger partial charge in [-0.1, -0.05) is 36.4 Å². The van der Waals surface area contributed by atoms with Gasteiger partial charge in [-0.25, -0.2) is 0 Å². The van der Waals surface area contributed by atoms with Crippen molar-refractivity contribution < 1.29 is 19.0 Å². The Morgan fingerprint density at radius 3 is 2.44 bits per heavy atom. The molecule has 0 aromatic heterocycles. The van der Waals surface area contributed by atoms with Gasteiger partial charge >= 0.3 is 5.97 Å². The first-order valence-electron chi connectivity index (χ1n) is 8.29. The van der Waals surface area contributed by atoms with E-state index in [2.05, 4.69) is 0 Å². The number of benzene rings is 2. The van der Waals surface area contributed by atoms with Crippen LogP contribution >= 0.6 is 11.6 Å². The number of esters is 1. The second kappa shape index (κ2) is 9.33. The molecule has 1 unspecified atom stereocenters. The van der Waals surface area contributed by atoms with Crippen LogP contribution in [-0.4, -0.2) is 18.7 Å². The summed E-state index contributed by atoms with van der Waals surface area (Å²) >= 11 is 6.28. The number of hydrogen-bond acceptors (Lipinski definition) is 4. The molecule has 2 aromatic rings. The van der Waals surface area contributed by atoms with Gasteiger partial charge in [-0.15, -0.1) is 11.6 Å². The van der Waals surface area contributed by atoms with Crippen molar-refractivity contribution in [1.82, 2.24) is 0 Å². The highest BCUT2D eigenvalue weighted by atomic mass is 35.5. The molecule has 0 saturated carbocycles. The van der Waals surface area contributed by atoms with Gasteiger partial charge in [0.15, 0.2) is 16.9 Å². The molecule has 134 valence electrons. The van der Waals surface area contributed by atoms with E-state index in [-0.39, 0.29) is 12.7 Å². The fourth-order valence-electron chi connectivity index (χ4n) is 2.24. The number of rotatable bonds is 8. The van der Waals surface area contributed by atoms with Crippen molar-refractivity contribution in [3.8, 4) is 11.5 Å². The van der Waals surface area contributed by atoms with E-state index in [0.717, 1.165) is 5.56 Å². The van der Waals surface area contributed by atoms with E-state index >= 15 is 0 Å². The Hall–Kier alpha value is -2.20. The van der Waals surface area contributed by atoms with E-state index in [1.54, 1.807) is 18.2 Å². The van der Waals surface area contributed by atoms with Crippen LogP contribution in [0.25, 0.3) is 0 Å². The summed E-state index contributed by atoms with van der Waals surface area (Å²) in [4.78, 5) is 12.2. The summed E-state index contributed by atoms with van der Waals surface area (Å²) < 4.78 is 16.6. The summed E-state index contributed by atoms with van der Waals surface area (Å²) in [7, 11) is 0. The second-order valence-electron chi connectivity index (χ2n) is 5.76. The first kappa shape index (κ1) is 19.1. The van der Waals surface area contributed by atoms with E-state index < -0.39 is 11.3 Å². The van der Waals surface area contributed by atoms with Gasteiger partial charge in [0, 0.05) is 0 Å². The number of carbonyl (C=O) groups excluding carboxylic acids is 1. The topological polar surface area (TPSA) is 44.8 Å². The number of alkyl halides is 1. The van der Waals surface area contributed by atoms with Crippen LogP contribution in [0, 0.1) is 0 Å². The molecule has 1 atom stereocenters. The molecular formula is C20H23ClO4. The molecule has 0 bridgehead atoms. The van der Waals surface area contributed by atoms with Crippen LogP contribution in [0.2, 0.25) is 0 Å². The molecule has 0 saturated heterocycles. The fourth-order valence-corrected chi connectivity index (χ4v) is 2.44. The first-order valence-corrected chi connectivity index (χ1v) is 8.73. The summed E-state index contributed by atoms with van der Waals surface area (Å²) in [5, 5.41) is -0.906. The van der Waals surface area contributed by atoms with E-state index in [0.29, 0.717) is 23.7 Å². The molecule has 4 nitrogen and oxygen atoms in total. The van der Waals surface area contributed by atoms with Crippen LogP contribution in [-0.2, 0) is 16.1 Å².